The van der Waals surface area contributed by atoms with Crippen LogP contribution in [0.2, 0.25) is 5.02 Å². The minimum atomic E-state index is -4.48. The van der Waals surface area contributed by atoms with Crippen molar-refractivity contribution in [1.29, 1.82) is 5.26 Å². The quantitative estimate of drug-likeness (QED) is 0.421. The van der Waals surface area contributed by atoms with Crippen LogP contribution in [0.3, 0.4) is 0 Å². The van der Waals surface area contributed by atoms with Gasteiger partial charge in [0.05, 0.1) is 27.1 Å². The first-order valence-corrected chi connectivity index (χ1v) is 12.5. The number of nitrogens with zero attached hydrogens (tertiary/aromatic N) is 5. The Morgan fingerprint density at radius 1 is 1.22 bits per heavy atom. The minimum Gasteiger partial charge on any atom is -0.444 e. The molecule has 196 valence electrons. The van der Waals surface area contributed by atoms with Crippen LogP contribution in [-0.2, 0) is 17.8 Å². The van der Waals surface area contributed by atoms with E-state index in [1.165, 1.54) is 6.20 Å². The second-order valence-corrected chi connectivity index (χ2v) is 11.2. The molecule has 2 aromatic heterocycles. The van der Waals surface area contributed by atoms with E-state index in [1.807, 2.05) is 43.9 Å². The van der Waals surface area contributed by atoms with Crippen LogP contribution in [-0.4, -0.2) is 62.4 Å². The fraction of sp³-hybridized carbons (Fsp3) is 0.500. The predicted octanol–water partition coefficient (Wildman–Crippen LogP) is 5.86. The van der Waals surface area contributed by atoms with E-state index in [-0.39, 0.29) is 34.3 Å². The van der Waals surface area contributed by atoms with Crippen LogP contribution in [0.25, 0.3) is 21.9 Å². The summed E-state index contributed by atoms with van der Waals surface area (Å²) in [4.78, 5) is 21.2. The van der Waals surface area contributed by atoms with E-state index < -0.39 is 18.3 Å². The standard InChI is InChI=1S/C26H27ClF3N5O2/c1-25(2,3)37-24(36)35-17-5-6-18(35)13-33(12-17)11-15-4-7-20-19(8-15)22-23(34(20)14-26(28,29)30)21(27)16(9-31)10-32-22/h4,7-8,10,17-18H,5-6,11-14H2,1-3H3. The van der Waals surface area contributed by atoms with Crippen molar-refractivity contribution in [2.75, 3.05) is 13.1 Å². The zero-order valence-corrected chi connectivity index (χ0v) is 21.5. The first-order valence-electron chi connectivity index (χ1n) is 12.1. The van der Waals surface area contributed by atoms with Crippen molar-refractivity contribution in [3.05, 3.63) is 40.5 Å². The maximum atomic E-state index is 13.4. The number of carbonyl (C=O) groups is 1. The fourth-order valence-corrected chi connectivity index (χ4v) is 5.84. The number of carbonyl (C=O) groups excluding carboxylic acids is 1. The van der Waals surface area contributed by atoms with Crippen molar-refractivity contribution >= 4 is 39.6 Å². The van der Waals surface area contributed by atoms with Gasteiger partial charge in [-0.15, -0.1) is 0 Å². The number of amides is 1. The Balaban J connectivity index is 1.44. The van der Waals surface area contributed by atoms with Crippen molar-refractivity contribution < 1.29 is 22.7 Å². The minimum absolute atomic E-state index is 0.0268. The third-order valence-electron chi connectivity index (χ3n) is 6.89. The van der Waals surface area contributed by atoms with Gasteiger partial charge in [-0.25, -0.2) is 4.79 Å². The van der Waals surface area contributed by atoms with Gasteiger partial charge in [0.15, 0.2) is 0 Å². The molecule has 11 heteroatoms. The van der Waals surface area contributed by atoms with Crippen LogP contribution in [0.5, 0.6) is 0 Å². The molecular weight excluding hydrogens is 507 g/mol. The largest absolute Gasteiger partial charge is 0.444 e. The lowest BCUT2D eigenvalue weighted by Crippen LogP contribution is -2.56. The normalized spacial score (nSPS) is 20.5. The number of piperazine rings is 1. The molecule has 2 bridgehead atoms. The van der Waals surface area contributed by atoms with Crippen molar-refractivity contribution in [1.82, 2.24) is 19.4 Å². The van der Waals surface area contributed by atoms with E-state index in [0.717, 1.165) is 23.0 Å². The van der Waals surface area contributed by atoms with Gasteiger partial charge in [-0.2, -0.15) is 18.4 Å². The highest BCUT2D eigenvalue weighted by Crippen LogP contribution is 2.37. The third kappa shape index (κ3) is 4.94. The maximum absolute atomic E-state index is 13.4. The molecule has 5 rings (SSSR count). The summed E-state index contributed by atoms with van der Waals surface area (Å²) in [5.74, 6) is 0. The van der Waals surface area contributed by atoms with Crippen LogP contribution in [0, 0.1) is 11.3 Å². The van der Waals surface area contributed by atoms with Gasteiger partial charge in [-0.1, -0.05) is 17.7 Å². The van der Waals surface area contributed by atoms with Crippen LogP contribution < -0.4 is 0 Å². The lowest BCUT2D eigenvalue weighted by Gasteiger charge is -2.41. The van der Waals surface area contributed by atoms with Crippen LogP contribution in [0.15, 0.2) is 24.4 Å². The van der Waals surface area contributed by atoms with E-state index in [1.54, 1.807) is 6.07 Å². The Bertz CT molecular complexity index is 1410. The first kappa shape index (κ1) is 25.6. The summed E-state index contributed by atoms with van der Waals surface area (Å²) in [5, 5.41) is 9.83. The van der Waals surface area contributed by atoms with Crippen LogP contribution >= 0.6 is 11.6 Å². The van der Waals surface area contributed by atoms with Crippen molar-refractivity contribution in [2.45, 2.75) is 70.6 Å². The maximum Gasteiger partial charge on any atom is 0.410 e. The second-order valence-electron chi connectivity index (χ2n) is 10.8. The Morgan fingerprint density at radius 3 is 2.49 bits per heavy atom. The number of halogens is 4. The molecule has 0 radical (unpaired) electrons. The van der Waals surface area contributed by atoms with E-state index in [4.69, 9.17) is 16.3 Å². The summed E-state index contributed by atoms with van der Waals surface area (Å²) in [6.07, 6.45) is -1.64. The summed E-state index contributed by atoms with van der Waals surface area (Å²) >= 11 is 6.36. The molecule has 2 aliphatic heterocycles. The average molecular weight is 534 g/mol. The van der Waals surface area contributed by atoms with Gasteiger partial charge < -0.3 is 9.30 Å². The smallest absolute Gasteiger partial charge is 0.410 e. The highest BCUT2D eigenvalue weighted by molar-refractivity contribution is 6.37. The zero-order chi connectivity index (χ0) is 26.7. The SMILES string of the molecule is CC(C)(C)OC(=O)N1C2CCC1CN(Cc1ccc3c(c1)c1ncc(C#N)c(Cl)c1n3CC(F)(F)F)C2. The molecule has 4 heterocycles. The topological polar surface area (TPSA) is 74.4 Å². The predicted molar refractivity (Wildman–Crippen MR) is 133 cm³/mol. The number of aromatic nitrogens is 2. The molecule has 2 fully saturated rings. The molecule has 0 N–H and O–H groups in total. The number of pyridine rings is 1. The molecule has 0 saturated carbocycles. The molecule has 0 spiro atoms. The second kappa shape index (κ2) is 9.07. The number of hydrogen-bond acceptors (Lipinski definition) is 5. The number of nitriles is 1. The molecule has 3 aromatic rings. The van der Waals surface area contributed by atoms with Gasteiger partial charge in [-0.05, 0) is 51.3 Å². The Hall–Kier alpha value is -3.03. The third-order valence-corrected chi connectivity index (χ3v) is 7.28. The summed E-state index contributed by atoms with van der Waals surface area (Å²) in [5.41, 5.74) is 1.19. The van der Waals surface area contributed by atoms with E-state index >= 15 is 0 Å². The number of likely N-dealkylation sites (tertiary alicyclic amines) is 1. The fourth-order valence-electron chi connectivity index (χ4n) is 5.56. The lowest BCUT2D eigenvalue weighted by molar-refractivity contribution is -0.139. The van der Waals surface area contributed by atoms with Gasteiger partial charge in [-0.3, -0.25) is 14.8 Å². The van der Waals surface area contributed by atoms with Gasteiger partial charge >= 0.3 is 12.3 Å². The Morgan fingerprint density at radius 2 is 1.89 bits per heavy atom. The van der Waals surface area contributed by atoms with Gasteiger partial charge in [0.2, 0.25) is 0 Å². The summed E-state index contributed by atoms with van der Waals surface area (Å²) in [6.45, 7) is 6.30. The molecule has 37 heavy (non-hydrogen) atoms. The van der Waals surface area contributed by atoms with Gasteiger partial charge in [0, 0.05) is 43.3 Å². The highest BCUT2D eigenvalue weighted by Gasteiger charge is 2.44. The number of alkyl halides is 3. The summed E-state index contributed by atoms with van der Waals surface area (Å²) in [7, 11) is 0. The van der Waals surface area contributed by atoms with E-state index in [0.29, 0.717) is 36.1 Å². The summed E-state index contributed by atoms with van der Waals surface area (Å²) < 4.78 is 47.0. The van der Waals surface area contributed by atoms with Gasteiger partial charge in [0.1, 0.15) is 18.2 Å². The lowest BCUT2D eigenvalue weighted by atomic mass is 10.1. The van der Waals surface area contributed by atoms with Crippen molar-refractivity contribution in [2.24, 2.45) is 0 Å². The van der Waals surface area contributed by atoms with Gasteiger partial charge in [0.25, 0.3) is 0 Å². The number of hydrogen-bond donors (Lipinski definition) is 0. The van der Waals surface area contributed by atoms with Crippen LogP contribution in [0.1, 0.15) is 44.7 Å². The number of ether oxygens (including phenoxy) is 1. The summed E-state index contributed by atoms with van der Waals surface area (Å²) in [6, 6.07) is 7.35. The van der Waals surface area contributed by atoms with Crippen molar-refractivity contribution in [3.63, 3.8) is 0 Å². The zero-order valence-electron chi connectivity index (χ0n) is 20.8. The molecule has 1 amide bonds. The Labute approximate surface area is 217 Å². The average Bonchev–Trinajstić information content (AvgIpc) is 3.23. The van der Waals surface area contributed by atoms with E-state index in [2.05, 4.69) is 9.88 Å². The molecular formula is C26H27ClF3N5O2. The van der Waals surface area contributed by atoms with E-state index in [9.17, 15) is 23.2 Å². The monoisotopic (exact) mass is 533 g/mol. The number of rotatable bonds is 3. The molecule has 7 nitrogen and oxygen atoms in total. The number of fused-ring (bicyclic) bond motifs is 5. The number of benzene rings is 1. The first-order chi connectivity index (χ1) is 17.3. The van der Waals surface area contributed by atoms with Crippen LogP contribution in [0.4, 0.5) is 18.0 Å². The molecule has 2 saturated heterocycles. The molecule has 0 aliphatic carbocycles. The van der Waals surface area contributed by atoms with Crippen molar-refractivity contribution in [3.8, 4) is 6.07 Å². The Kier molecular flexibility index (Phi) is 6.28. The highest BCUT2D eigenvalue weighted by atomic mass is 35.5. The molecule has 1 aromatic carbocycles. The molecule has 2 unspecified atom stereocenters. The molecule has 2 aliphatic rings. The molecule has 2 atom stereocenters.